The number of hydrogen-bond acceptors (Lipinski definition) is 3. The second-order valence-electron chi connectivity index (χ2n) is 6.47. The maximum Gasteiger partial charge on any atom is 0.191 e. The van der Waals surface area contributed by atoms with Crippen molar-refractivity contribution in [2.24, 2.45) is 4.99 Å². The molecule has 0 fully saturated rings. The SMILES string of the molecule is CCN(CC)Cc1ccccc1CNC(=NC)NCC(C)(C)SC. The fourth-order valence-electron chi connectivity index (χ4n) is 2.34. The summed E-state index contributed by atoms with van der Waals surface area (Å²) in [5.74, 6) is 0.856. The smallest absolute Gasteiger partial charge is 0.191 e. The van der Waals surface area contributed by atoms with Crippen molar-refractivity contribution in [3.05, 3.63) is 35.4 Å². The molecule has 0 spiro atoms. The van der Waals surface area contributed by atoms with Gasteiger partial charge in [0.2, 0.25) is 0 Å². The molecule has 1 rings (SSSR count). The van der Waals surface area contributed by atoms with E-state index in [2.05, 4.69) is 78.7 Å². The molecule has 0 amide bonds. The van der Waals surface area contributed by atoms with E-state index in [4.69, 9.17) is 0 Å². The second kappa shape index (κ2) is 10.6. The topological polar surface area (TPSA) is 39.7 Å². The van der Waals surface area contributed by atoms with E-state index in [1.54, 1.807) is 0 Å². The van der Waals surface area contributed by atoms with Gasteiger partial charge in [-0.2, -0.15) is 11.8 Å². The summed E-state index contributed by atoms with van der Waals surface area (Å²) in [4.78, 5) is 6.78. The average Bonchev–Trinajstić information content (AvgIpc) is 2.60. The third-order valence-corrected chi connectivity index (χ3v) is 5.56. The van der Waals surface area contributed by atoms with E-state index in [0.29, 0.717) is 0 Å². The van der Waals surface area contributed by atoms with Crippen LogP contribution >= 0.6 is 11.8 Å². The number of thioether (sulfide) groups is 1. The van der Waals surface area contributed by atoms with Crippen molar-refractivity contribution in [1.29, 1.82) is 0 Å². The molecule has 0 aromatic heterocycles. The Bertz CT molecular complexity index is 510. The molecule has 0 aliphatic heterocycles. The molecule has 0 saturated heterocycles. The highest BCUT2D eigenvalue weighted by Gasteiger charge is 2.16. The molecular weight excluding hydrogens is 316 g/mol. The molecule has 1 aromatic rings. The van der Waals surface area contributed by atoms with Crippen LogP contribution in [0.2, 0.25) is 0 Å². The molecule has 0 radical (unpaired) electrons. The lowest BCUT2D eigenvalue weighted by molar-refractivity contribution is 0.295. The fraction of sp³-hybridized carbons (Fsp3) is 0.632. The summed E-state index contributed by atoms with van der Waals surface area (Å²) in [6.45, 7) is 13.7. The van der Waals surface area contributed by atoms with Crippen molar-refractivity contribution in [3.8, 4) is 0 Å². The minimum atomic E-state index is 0.193. The van der Waals surface area contributed by atoms with Crippen LogP contribution in [0, 0.1) is 0 Å². The van der Waals surface area contributed by atoms with Crippen LogP contribution < -0.4 is 10.6 Å². The number of nitrogens with zero attached hydrogens (tertiary/aromatic N) is 2. The van der Waals surface area contributed by atoms with Crippen molar-refractivity contribution in [2.45, 2.75) is 45.5 Å². The summed E-state index contributed by atoms with van der Waals surface area (Å²) in [6, 6.07) is 8.65. The van der Waals surface area contributed by atoms with Crippen LogP contribution in [0.3, 0.4) is 0 Å². The second-order valence-corrected chi connectivity index (χ2v) is 7.99. The highest BCUT2D eigenvalue weighted by atomic mass is 32.2. The normalized spacial score (nSPS) is 12.5. The standard InChI is InChI=1S/C19H34N4S/c1-7-23(8-2)14-17-12-10-9-11-16(17)13-21-18(20-5)22-15-19(3,4)24-6/h9-12H,7-8,13-15H2,1-6H3,(H2,20,21,22). The number of guanidine groups is 1. The molecule has 0 aliphatic rings. The molecule has 0 unspecified atom stereocenters. The van der Waals surface area contributed by atoms with Crippen LogP contribution in [-0.2, 0) is 13.1 Å². The van der Waals surface area contributed by atoms with Gasteiger partial charge < -0.3 is 10.6 Å². The van der Waals surface area contributed by atoms with Crippen molar-refractivity contribution in [1.82, 2.24) is 15.5 Å². The van der Waals surface area contributed by atoms with Crippen molar-refractivity contribution in [3.63, 3.8) is 0 Å². The largest absolute Gasteiger partial charge is 0.355 e. The van der Waals surface area contributed by atoms with Crippen molar-refractivity contribution in [2.75, 3.05) is 32.9 Å². The van der Waals surface area contributed by atoms with Gasteiger partial charge in [0.05, 0.1) is 0 Å². The van der Waals surface area contributed by atoms with Gasteiger partial charge in [-0.1, -0.05) is 38.1 Å². The highest BCUT2D eigenvalue weighted by Crippen LogP contribution is 2.19. The molecule has 0 saturated carbocycles. The monoisotopic (exact) mass is 350 g/mol. The molecule has 4 nitrogen and oxygen atoms in total. The van der Waals surface area contributed by atoms with E-state index in [1.165, 1.54) is 11.1 Å². The summed E-state index contributed by atoms with van der Waals surface area (Å²) in [7, 11) is 1.82. The van der Waals surface area contributed by atoms with Gasteiger partial charge in [-0.25, -0.2) is 0 Å². The summed E-state index contributed by atoms with van der Waals surface area (Å²) < 4.78 is 0.193. The first-order valence-corrected chi connectivity index (χ1v) is 9.97. The van der Waals surface area contributed by atoms with E-state index in [1.807, 2.05) is 18.8 Å². The van der Waals surface area contributed by atoms with Gasteiger partial charge in [0.15, 0.2) is 5.96 Å². The first-order chi connectivity index (χ1) is 11.5. The molecule has 0 heterocycles. The number of nitrogens with one attached hydrogen (secondary N) is 2. The number of benzene rings is 1. The number of hydrogen-bond donors (Lipinski definition) is 2. The van der Waals surface area contributed by atoms with Gasteiger partial charge in [-0.05, 0) is 44.3 Å². The van der Waals surface area contributed by atoms with Crippen molar-refractivity contribution < 1.29 is 0 Å². The predicted molar refractivity (Wildman–Crippen MR) is 109 cm³/mol. The molecule has 136 valence electrons. The summed E-state index contributed by atoms with van der Waals surface area (Å²) in [6.07, 6.45) is 2.14. The molecule has 5 heteroatoms. The van der Waals surface area contributed by atoms with Gasteiger partial charge in [-0.3, -0.25) is 9.89 Å². The third-order valence-electron chi connectivity index (χ3n) is 4.31. The summed E-state index contributed by atoms with van der Waals surface area (Å²) in [5, 5.41) is 6.86. The van der Waals surface area contributed by atoms with Gasteiger partial charge in [0.25, 0.3) is 0 Å². The van der Waals surface area contributed by atoms with Crippen LogP contribution in [0.5, 0.6) is 0 Å². The third kappa shape index (κ3) is 7.14. The maximum atomic E-state index is 4.34. The van der Waals surface area contributed by atoms with Crippen LogP contribution in [0.25, 0.3) is 0 Å². The summed E-state index contributed by atoms with van der Waals surface area (Å²) >= 11 is 1.86. The van der Waals surface area contributed by atoms with E-state index < -0.39 is 0 Å². The molecule has 1 aromatic carbocycles. The van der Waals surface area contributed by atoms with Crippen LogP contribution in [0.15, 0.2) is 29.3 Å². The van der Waals surface area contributed by atoms with Gasteiger partial charge in [0, 0.05) is 31.4 Å². The Hall–Kier alpha value is -1.20. The molecule has 0 aliphatic carbocycles. The Morgan fingerprint density at radius 2 is 1.75 bits per heavy atom. The van der Waals surface area contributed by atoms with E-state index in [-0.39, 0.29) is 4.75 Å². The molecular formula is C19H34N4S. The Morgan fingerprint density at radius 3 is 2.29 bits per heavy atom. The summed E-state index contributed by atoms with van der Waals surface area (Å²) in [5.41, 5.74) is 2.71. The Kier molecular flexibility index (Phi) is 9.22. The zero-order valence-electron chi connectivity index (χ0n) is 16.1. The van der Waals surface area contributed by atoms with E-state index in [0.717, 1.165) is 38.7 Å². The molecule has 0 bridgehead atoms. The lowest BCUT2D eigenvalue weighted by atomic mass is 10.1. The Morgan fingerprint density at radius 1 is 1.12 bits per heavy atom. The van der Waals surface area contributed by atoms with Gasteiger partial charge in [0.1, 0.15) is 0 Å². The van der Waals surface area contributed by atoms with Gasteiger partial charge >= 0.3 is 0 Å². The van der Waals surface area contributed by atoms with Crippen LogP contribution in [0.1, 0.15) is 38.8 Å². The minimum absolute atomic E-state index is 0.193. The van der Waals surface area contributed by atoms with Crippen molar-refractivity contribution >= 4 is 17.7 Å². The molecule has 2 N–H and O–H groups in total. The van der Waals surface area contributed by atoms with E-state index >= 15 is 0 Å². The van der Waals surface area contributed by atoms with E-state index in [9.17, 15) is 0 Å². The fourth-order valence-corrected chi connectivity index (χ4v) is 2.56. The first-order valence-electron chi connectivity index (χ1n) is 8.74. The zero-order chi connectivity index (χ0) is 18.0. The minimum Gasteiger partial charge on any atom is -0.355 e. The van der Waals surface area contributed by atoms with Gasteiger partial charge in [-0.15, -0.1) is 0 Å². The Labute approximate surface area is 152 Å². The molecule has 24 heavy (non-hydrogen) atoms. The van der Waals surface area contributed by atoms with Crippen LogP contribution in [-0.4, -0.2) is 48.5 Å². The average molecular weight is 351 g/mol. The predicted octanol–water partition coefficient (Wildman–Crippen LogP) is 3.34. The highest BCUT2D eigenvalue weighted by molar-refractivity contribution is 7.99. The van der Waals surface area contributed by atoms with Crippen LogP contribution in [0.4, 0.5) is 0 Å². The lowest BCUT2D eigenvalue weighted by Gasteiger charge is -2.24. The quantitative estimate of drug-likeness (QED) is 0.529. The zero-order valence-corrected chi connectivity index (χ0v) is 17.0. The molecule has 0 atom stereocenters. The maximum absolute atomic E-state index is 4.34. The Balaban J connectivity index is 2.65. The number of rotatable bonds is 9. The number of aliphatic imine (C=N–C) groups is 1. The lowest BCUT2D eigenvalue weighted by Crippen LogP contribution is -2.43. The first kappa shape index (κ1) is 20.8.